The van der Waals surface area contributed by atoms with Crippen LogP contribution in [0.3, 0.4) is 0 Å². The predicted octanol–water partition coefficient (Wildman–Crippen LogP) is 2.52. The van der Waals surface area contributed by atoms with Gasteiger partial charge in [-0.05, 0) is 24.3 Å². The number of H-pyrrole nitrogens is 1. The Kier molecular flexibility index (Phi) is 3.35. The molecule has 0 aliphatic carbocycles. The molecule has 5 nitrogen and oxygen atoms in total. The molecule has 2 aromatic heterocycles. The van der Waals surface area contributed by atoms with E-state index in [2.05, 4.69) is 20.3 Å². The quantitative estimate of drug-likeness (QED) is 0.677. The molecule has 3 aromatic rings. The van der Waals surface area contributed by atoms with Gasteiger partial charge in [0.2, 0.25) is 0 Å². The van der Waals surface area contributed by atoms with Gasteiger partial charge < -0.3 is 16.0 Å². The predicted molar refractivity (Wildman–Crippen MR) is 88.1 cm³/mol. The number of halogens is 2. The summed E-state index contributed by atoms with van der Waals surface area (Å²) in [6, 6.07) is 5.80. The Morgan fingerprint density at radius 1 is 1.21 bits per heavy atom. The van der Waals surface area contributed by atoms with E-state index in [0.717, 1.165) is 17.3 Å². The van der Waals surface area contributed by atoms with Crippen LogP contribution in [0.15, 0.2) is 53.9 Å². The van der Waals surface area contributed by atoms with Gasteiger partial charge in [-0.15, -0.1) is 0 Å². The first-order valence-corrected chi connectivity index (χ1v) is 7.31. The van der Waals surface area contributed by atoms with E-state index >= 15 is 0 Å². The second kappa shape index (κ2) is 5.54. The van der Waals surface area contributed by atoms with E-state index in [0.29, 0.717) is 16.8 Å². The number of fused-ring (bicyclic) bond motifs is 1. The largest absolute Gasteiger partial charge is 0.358 e. The Labute approximate surface area is 135 Å². The molecule has 7 heteroatoms. The van der Waals surface area contributed by atoms with Crippen LogP contribution < -0.4 is 11.1 Å². The Morgan fingerprint density at radius 3 is 2.88 bits per heavy atom. The lowest BCUT2D eigenvalue weighted by molar-refractivity contribution is 0.591. The highest BCUT2D eigenvalue weighted by molar-refractivity contribution is 6.12. The summed E-state index contributed by atoms with van der Waals surface area (Å²) < 4.78 is 27.5. The van der Waals surface area contributed by atoms with Crippen LogP contribution in [0.2, 0.25) is 0 Å². The minimum Gasteiger partial charge on any atom is -0.358 e. The number of hydrogen-bond acceptors (Lipinski definition) is 4. The Balaban J connectivity index is 1.78. The van der Waals surface area contributed by atoms with E-state index in [1.165, 1.54) is 6.07 Å². The number of hydrogen-bond donors (Lipinski definition) is 3. The summed E-state index contributed by atoms with van der Waals surface area (Å²) in [7, 11) is 0. The highest BCUT2D eigenvalue weighted by Gasteiger charge is 2.19. The van der Waals surface area contributed by atoms with E-state index in [9.17, 15) is 8.78 Å². The van der Waals surface area contributed by atoms with Crippen molar-refractivity contribution in [2.75, 3.05) is 0 Å². The van der Waals surface area contributed by atoms with E-state index in [1.54, 1.807) is 24.7 Å². The fourth-order valence-corrected chi connectivity index (χ4v) is 2.74. The summed E-state index contributed by atoms with van der Waals surface area (Å²) in [6.45, 7) is 0. The SMILES string of the molecule is NC1C=C(c2cccnc2)NC(c2c[nH]c3c(F)cc(F)cc23)=N1. The number of aromatic amines is 1. The molecule has 4 rings (SSSR count). The third-order valence-corrected chi connectivity index (χ3v) is 3.80. The van der Waals surface area contributed by atoms with Crippen LogP contribution in [0.4, 0.5) is 8.78 Å². The van der Waals surface area contributed by atoms with Gasteiger partial charge in [-0.25, -0.2) is 13.8 Å². The second-order valence-corrected chi connectivity index (χ2v) is 5.43. The van der Waals surface area contributed by atoms with Gasteiger partial charge in [0.1, 0.15) is 23.6 Å². The van der Waals surface area contributed by atoms with Crippen molar-refractivity contribution >= 4 is 22.4 Å². The van der Waals surface area contributed by atoms with Crippen LogP contribution >= 0.6 is 0 Å². The normalized spacial score (nSPS) is 17.4. The fourth-order valence-electron chi connectivity index (χ4n) is 2.74. The van der Waals surface area contributed by atoms with Gasteiger partial charge in [-0.3, -0.25) is 4.98 Å². The molecule has 1 aliphatic heterocycles. The summed E-state index contributed by atoms with van der Waals surface area (Å²) in [5.74, 6) is -0.857. The number of amidine groups is 1. The first-order valence-electron chi connectivity index (χ1n) is 7.31. The van der Waals surface area contributed by atoms with E-state index in [4.69, 9.17) is 5.73 Å². The summed E-state index contributed by atoms with van der Waals surface area (Å²) >= 11 is 0. The molecular weight excluding hydrogens is 312 g/mol. The molecule has 0 saturated carbocycles. The van der Waals surface area contributed by atoms with Crippen LogP contribution in [0, 0.1) is 11.6 Å². The average Bonchev–Trinajstić information content (AvgIpc) is 2.99. The van der Waals surface area contributed by atoms with Gasteiger partial charge in [0, 0.05) is 46.9 Å². The third-order valence-electron chi connectivity index (χ3n) is 3.80. The molecule has 0 fully saturated rings. The van der Waals surface area contributed by atoms with Gasteiger partial charge in [0.05, 0.1) is 5.52 Å². The number of nitrogens with two attached hydrogens (primary N) is 1. The lowest BCUT2D eigenvalue weighted by Crippen LogP contribution is -2.32. The zero-order valence-corrected chi connectivity index (χ0v) is 12.4. The van der Waals surface area contributed by atoms with Crippen LogP contribution in [0.1, 0.15) is 11.1 Å². The van der Waals surface area contributed by atoms with Crippen molar-refractivity contribution in [1.29, 1.82) is 0 Å². The molecule has 1 unspecified atom stereocenters. The smallest absolute Gasteiger partial charge is 0.150 e. The Morgan fingerprint density at radius 2 is 2.08 bits per heavy atom. The molecule has 1 aromatic carbocycles. The van der Waals surface area contributed by atoms with Gasteiger partial charge in [0.25, 0.3) is 0 Å². The minimum atomic E-state index is -0.653. The fraction of sp³-hybridized carbons (Fsp3) is 0.0588. The van der Waals surface area contributed by atoms with E-state index in [1.807, 2.05) is 12.1 Å². The van der Waals surface area contributed by atoms with Crippen molar-refractivity contribution in [3.8, 4) is 0 Å². The van der Waals surface area contributed by atoms with Crippen molar-refractivity contribution in [2.45, 2.75) is 6.17 Å². The summed E-state index contributed by atoms with van der Waals surface area (Å²) in [4.78, 5) is 11.2. The molecule has 4 N–H and O–H groups in total. The standard InChI is InChI=1S/C17H13F2N5/c18-10-4-11-12(8-22-16(11)13(19)5-10)17-23-14(6-15(20)24-17)9-2-1-3-21-7-9/h1-8,15,22H,20H2,(H,23,24). The first kappa shape index (κ1) is 14.5. The van der Waals surface area contributed by atoms with Crippen LogP contribution in [-0.4, -0.2) is 22.0 Å². The zero-order valence-electron chi connectivity index (χ0n) is 12.4. The van der Waals surface area contributed by atoms with E-state index in [-0.39, 0.29) is 5.52 Å². The number of benzene rings is 1. The second-order valence-electron chi connectivity index (χ2n) is 5.43. The molecule has 1 atom stereocenters. The van der Waals surface area contributed by atoms with Crippen LogP contribution in [0.5, 0.6) is 0 Å². The highest BCUT2D eigenvalue weighted by atomic mass is 19.1. The molecule has 3 heterocycles. The van der Waals surface area contributed by atoms with Crippen molar-refractivity contribution in [2.24, 2.45) is 10.7 Å². The Bertz CT molecular complexity index is 975. The first-order chi connectivity index (χ1) is 11.6. The van der Waals surface area contributed by atoms with Gasteiger partial charge >= 0.3 is 0 Å². The molecule has 24 heavy (non-hydrogen) atoms. The third kappa shape index (κ3) is 2.44. The number of aromatic nitrogens is 2. The number of nitrogens with one attached hydrogen (secondary N) is 2. The van der Waals surface area contributed by atoms with Gasteiger partial charge in [-0.2, -0.15) is 0 Å². The maximum atomic E-state index is 13.9. The van der Waals surface area contributed by atoms with Crippen molar-refractivity contribution in [3.63, 3.8) is 0 Å². The topological polar surface area (TPSA) is 79.1 Å². The number of pyridine rings is 1. The van der Waals surface area contributed by atoms with Crippen LogP contribution in [0.25, 0.3) is 16.6 Å². The van der Waals surface area contributed by atoms with Crippen molar-refractivity contribution in [3.05, 3.63) is 71.7 Å². The summed E-state index contributed by atoms with van der Waals surface area (Å²) in [5, 5.41) is 3.56. The van der Waals surface area contributed by atoms with E-state index < -0.39 is 17.8 Å². The maximum absolute atomic E-state index is 13.9. The lowest BCUT2D eigenvalue weighted by Gasteiger charge is -2.20. The zero-order chi connectivity index (χ0) is 16.7. The summed E-state index contributed by atoms with van der Waals surface area (Å²) in [5.41, 5.74) is 8.34. The average molecular weight is 325 g/mol. The molecule has 0 saturated heterocycles. The molecule has 0 bridgehead atoms. The molecule has 0 radical (unpaired) electrons. The van der Waals surface area contributed by atoms with Crippen molar-refractivity contribution in [1.82, 2.24) is 15.3 Å². The van der Waals surface area contributed by atoms with Crippen molar-refractivity contribution < 1.29 is 8.78 Å². The molecule has 0 spiro atoms. The minimum absolute atomic E-state index is 0.224. The lowest BCUT2D eigenvalue weighted by atomic mass is 10.1. The molecule has 1 aliphatic rings. The number of aliphatic imine (C=N–C) groups is 1. The number of nitrogens with zero attached hydrogens (tertiary/aromatic N) is 2. The summed E-state index contributed by atoms with van der Waals surface area (Å²) in [6.07, 6.45) is 6.14. The number of rotatable bonds is 2. The van der Waals surface area contributed by atoms with Gasteiger partial charge in [0.15, 0.2) is 0 Å². The van der Waals surface area contributed by atoms with Crippen LogP contribution in [-0.2, 0) is 0 Å². The monoisotopic (exact) mass is 325 g/mol. The maximum Gasteiger partial charge on any atom is 0.150 e. The molecule has 120 valence electrons. The Hall–Kier alpha value is -3.06. The van der Waals surface area contributed by atoms with Gasteiger partial charge in [-0.1, -0.05) is 0 Å². The molecular formula is C17H13F2N5. The highest BCUT2D eigenvalue weighted by Crippen LogP contribution is 2.25. The molecule has 0 amide bonds.